The normalized spacial score (nSPS) is 27.2. The minimum absolute atomic E-state index is 0.0927. The zero-order valence-electron chi connectivity index (χ0n) is 19.8. The maximum Gasteiger partial charge on any atom is 0.246 e. The second-order valence-corrected chi connectivity index (χ2v) is 12.5. The number of fused-ring (bicyclic) bond motifs is 1. The molecular formula is C25H35N4O3P. The van der Waals surface area contributed by atoms with Gasteiger partial charge in [-0.15, -0.1) is 0 Å². The molecule has 2 heterocycles. The lowest BCUT2D eigenvalue weighted by Gasteiger charge is -2.32. The SMILES string of the molecule is C\C=C/C(=C\C=C\[C@H]1CC[C@H](CP(=O)(O)C2CC2)CC1)C1=Nc2c(N)ncnc2OC1(C)C. The molecular weight excluding hydrogens is 435 g/mol. The highest BCUT2D eigenvalue weighted by Gasteiger charge is 2.41. The second-order valence-electron chi connectivity index (χ2n) is 9.94. The molecule has 2 fully saturated rings. The maximum atomic E-state index is 12.4. The van der Waals surface area contributed by atoms with Gasteiger partial charge in [0.1, 0.15) is 11.9 Å². The predicted molar refractivity (Wildman–Crippen MR) is 133 cm³/mol. The molecule has 3 aliphatic rings. The van der Waals surface area contributed by atoms with Crippen LogP contribution in [0.4, 0.5) is 11.5 Å². The first kappa shape index (κ1) is 23.9. The predicted octanol–water partition coefficient (Wildman–Crippen LogP) is 5.60. The van der Waals surface area contributed by atoms with Gasteiger partial charge in [0.2, 0.25) is 13.2 Å². The van der Waals surface area contributed by atoms with Crippen molar-refractivity contribution in [2.24, 2.45) is 16.8 Å². The third-order valence-electron chi connectivity index (χ3n) is 6.77. The average Bonchev–Trinajstić information content (AvgIpc) is 3.60. The molecule has 1 atom stereocenters. The minimum Gasteiger partial charge on any atom is -0.463 e. The zero-order chi connectivity index (χ0) is 23.6. The molecule has 0 amide bonds. The average molecular weight is 471 g/mol. The Bertz CT molecular complexity index is 1050. The van der Waals surface area contributed by atoms with Gasteiger partial charge >= 0.3 is 0 Å². The van der Waals surface area contributed by atoms with E-state index in [1.54, 1.807) is 0 Å². The van der Waals surface area contributed by atoms with Gasteiger partial charge in [0.25, 0.3) is 0 Å². The Balaban J connectivity index is 1.44. The zero-order valence-corrected chi connectivity index (χ0v) is 20.7. The van der Waals surface area contributed by atoms with E-state index in [0.29, 0.717) is 35.4 Å². The fourth-order valence-corrected chi connectivity index (χ4v) is 7.13. The van der Waals surface area contributed by atoms with Crippen LogP contribution in [0.25, 0.3) is 0 Å². The summed E-state index contributed by atoms with van der Waals surface area (Å²) in [7, 11) is -2.92. The summed E-state index contributed by atoms with van der Waals surface area (Å²) in [6.45, 7) is 5.91. The van der Waals surface area contributed by atoms with Crippen molar-refractivity contribution in [2.75, 3.05) is 11.9 Å². The van der Waals surface area contributed by atoms with Gasteiger partial charge in [-0.3, -0.25) is 4.57 Å². The molecule has 1 aromatic heterocycles. The van der Waals surface area contributed by atoms with Gasteiger partial charge in [0.05, 0.1) is 5.71 Å². The Morgan fingerprint density at radius 1 is 1.24 bits per heavy atom. The number of rotatable bonds is 7. The van der Waals surface area contributed by atoms with Crippen LogP contribution >= 0.6 is 7.37 Å². The molecule has 33 heavy (non-hydrogen) atoms. The van der Waals surface area contributed by atoms with Gasteiger partial charge in [-0.25, -0.2) is 9.98 Å². The summed E-state index contributed by atoms with van der Waals surface area (Å²) in [5, 5.41) is 0. The Hall–Kier alpha value is -2.24. The molecule has 1 aliphatic heterocycles. The van der Waals surface area contributed by atoms with Crippen LogP contribution in [0.1, 0.15) is 59.3 Å². The summed E-state index contributed by atoms with van der Waals surface area (Å²) in [6, 6.07) is 0. The van der Waals surface area contributed by atoms with E-state index in [9.17, 15) is 9.46 Å². The molecule has 1 aromatic rings. The van der Waals surface area contributed by atoms with Gasteiger partial charge in [-0.05, 0) is 76.7 Å². The van der Waals surface area contributed by atoms with E-state index >= 15 is 0 Å². The van der Waals surface area contributed by atoms with Crippen molar-refractivity contribution in [3.05, 3.63) is 42.3 Å². The summed E-state index contributed by atoms with van der Waals surface area (Å²) in [5.41, 5.74) is 7.64. The summed E-state index contributed by atoms with van der Waals surface area (Å²) >= 11 is 0. The number of nitrogens with zero attached hydrogens (tertiary/aromatic N) is 3. The number of nitrogens with two attached hydrogens (primary N) is 1. The largest absolute Gasteiger partial charge is 0.463 e. The van der Waals surface area contributed by atoms with Crippen LogP contribution in [0.15, 0.2) is 47.3 Å². The first-order valence-electron chi connectivity index (χ1n) is 11.9. The second kappa shape index (κ2) is 9.55. The number of anilines is 1. The fraction of sp³-hybridized carbons (Fsp3) is 0.560. The van der Waals surface area contributed by atoms with Gasteiger partial charge in [-0.1, -0.05) is 30.4 Å². The lowest BCUT2D eigenvalue weighted by Crippen LogP contribution is -2.41. The van der Waals surface area contributed by atoms with Gasteiger partial charge < -0.3 is 15.4 Å². The number of ether oxygens (including phenoxy) is 1. The van der Waals surface area contributed by atoms with Crippen LogP contribution in [0.2, 0.25) is 0 Å². The van der Waals surface area contributed by atoms with Crippen LogP contribution in [-0.2, 0) is 4.57 Å². The van der Waals surface area contributed by atoms with Crippen LogP contribution in [0, 0.1) is 11.8 Å². The molecule has 3 N–H and O–H groups in total. The van der Waals surface area contributed by atoms with E-state index in [0.717, 1.165) is 49.8 Å². The number of aromatic nitrogens is 2. The highest BCUT2D eigenvalue weighted by atomic mass is 31.2. The first-order valence-corrected chi connectivity index (χ1v) is 13.8. The van der Waals surface area contributed by atoms with Gasteiger partial charge in [0.15, 0.2) is 11.5 Å². The van der Waals surface area contributed by atoms with Crippen molar-refractivity contribution < 1.29 is 14.2 Å². The molecule has 0 bridgehead atoms. The number of hydrogen-bond acceptors (Lipinski definition) is 6. The third-order valence-corrected chi connectivity index (χ3v) is 9.47. The lowest BCUT2D eigenvalue weighted by atomic mass is 9.82. The van der Waals surface area contributed by atoms with Crippen molar-refractivity contribution in [3.63, 3.8) is 0 Å². The molecule has 8 heteroatoms. The Kier molecular flexibility index (Phi) is 6.92. The Morgan fingerprint density at radius 3 is 2.64 bits per heavy atom. The van der Waals surface area contributed by atoms with E-state index in [1.165, 1.54) is 6.33 Å². The number of hydrogen-bond donors (Lipinski definition) is 2. The maximum absolute atomic E-state index is 12.4. The third kappa shape index (κ3) is 5.64. The van der Waals surface area contributed by atoms with Crippen molar-refractivity contribution >= 4 is 24.6 Å². The number of nitrogen functional groups attached to an aromatic ring is 1. The van der Waals surface area contributed by atoms with Crippen molar-refractivity contribution in [2.45, 2.75) is 70.6 Å². The monoisotopic (exact) mass is 470 g/mol. The van der Waals surface area contributed by atoms with Crippen molar-refractivity contribution in [1.29, 1.82) is 0 Å². The van der Waals surface area contributed by atoms with Gasteiger partial charge in [0, 0.05) is 11.8 Å². The standard InChI is InChI=1S/C25H35N4O3P/c1-4-6-19(22-25(2,3)32-24-21(29-22)23(26)27-16-28-24)8-5-7-17-9-11-18(12-10-17)15-33(30,31)20-13-14-20/h4-8,16-18,20H,9-15H2,1-3H3,(H,30,31)(H2,26,27,28)/b6-4-,7-5+,19-8+/t17-,18-. The highest BCUT2D eigenvalue weighted by molar-refractivity contribution is 7.59. The molecule has 0 radical (unpaired) electrons. The fourth-order valence-electron chi connectivity index (χ4n) is 4.77. The van der Waals surface area contributed by atoms with Crippen molar-refractivity contribution in [1.82, 2.24) is 9.97 Å². The van der Waals surface area contributed by atoms with E-state index in [4.69, 9.17) is 15.5 Å². The summed E-state index contributed by atoms with van der Waals surface area (Å²) in [4.78, 5) is 23.3. The van der Waals surface area contributed by atoms with E-state index in [1.807, 2.05) is 32.9 Å². The van der Waals surface area contributed by atoms with Crippen LogP contribution in [0.3, 0.4) is 0 Å². The van der Waals surface area contributed by atoms with E-state index < -0.39 is 13.0 Å². The lowest BCUT2D eigenvalue weighted by molar-refractivity contribution is 0.171. The number of allylic oxidation sites excluding steroid dienone is 5. The highest BCUT2D eigenvalue weighted by Crippen LogP contribution is 2.59. The summed E-state index contributed by atoms with van der Waals surface area (Å²) < 4.78 is 18.5. The molecule has 2 saturated carbocycles. The molecule has 0 saturated heterocycles. The van der Waals surface area contributed by atoms with E-state index in [-0.39, 0.29) is 5.66 Å². The molecule has 1 unspecified atom stereocenters. The van der Waals surface area contributed by atoms with E-state index in [2.05, 4.69) is 28.2 Å². The Morgan fingerprint density at radius 2 is 1.97 bits per heavy atom. The molecule has 7 nitrogen and oxygen atoms in total. The molecule has 2 aliphatic carbocycles. The molecule has 4 rings (SSSR count). The molecule has 0 aromatic carbocycles. The smallest absolute Gasteiger partial charge is 0.246 e. The Labute approximate surface area is 196 Å². The molecule has 0 spiro atoms. The van der Waals surface area contributed by atoms with Crippen LogP contribution < -0.4 is 10.5 Å². The first-order chi connectivity index (χ1) is 15.7. The molecule has 178 valence electrons. The summed E-state index contributed by atoms with van der Waals surface area (Å²) in [5.74, 6) is 1.58. The number of aliphatic imine (C=N–C) groups is 1. The van der Waals surface area contributed by atoms with Crippen molar-refractivity contribution in [3.8, 4) is 5.88 Å². The van der Waals surface area contributed by atoms with Crippen LogP contribution in [-0.4, -0.2) is 38.0 Å². The summed E-state index contributed by atoms with van der Waals surface area (Å²) in [6.07, 6.45) is 18.4. The van der Waals surface area contributed by atoms with Crippen LogP contribution in [0.5, 0.6) is 5.88 Å². The minimum atomic E-state index is -2.92. The quantitative estimate of drug-likeness (QED) is 0.396. The topological polar surface area (TPSA) is 111 Å². The van der Waals surface area contributed by atoms with Gasteiger partial charge in [-0.2, -0.15) is 4.98 Å².